The molecule has 0 aliphatic carbocycles. The predicted octanol–water partition coefficient (Wildman–Crippen LogP) is 3.95. The summed E-state index contributed by atoms with van der Waals surface area (Å²) in [6, 6.07) is 4.00. The molecule has 0 radical (unpaired) electrons. The number of ether oxygens (including phenoxy) is 2. The fourth-order valence-electron chi connectivity index (χ4n) is 3.42. The number of halogens is 3. The molecule has 0 unspecified atom stereocenters. The van der Waals surface area contributed by atoms with Gasteiger partial charge in [-0.1, -0.05) is 0 Å². The third-order valence-corrected chi connectivity index (χ3v) is 6.24. The molecule has 4 rings (SSSR count). The maximum atomic E-state index is 13.5. The fourth-order valence-corrected chi connectivity index (χ4v) is 4.82. The van der Waals surface area contributed by atoms with Gasteiger partial charge in [0.15, 0.2) is 11.4 Å². The molecule has 0 bridgehead atoms. The predicted molar refractivity (Wildman–Crippen MR) is 117 cm³/mol. The number of nitrogens with zero attached hydrogens (tertiary/aromatic N) is 4. The van der Waals surface area contributed by atoms with Crippen molar-refractivity contribution in [1.82, 2.24) is 24.8 Å². The van der Waals surface area contributed by atoms with Gasteiger partial charge in [-0.15, -0.1) is 0 Å². The third-order valence-electron chi connectivity index (χ3n) is 5.26. The first-order chi connectivity index (χ1) is 15.7. The van der Waals surface area contributed by atoms with Crippen LogP contribution in [0.1, 0.15) is 30.4 Å². The number of alkyl halides is 2. The molecule has 3 aromatic rings. The second-order valence-electron chi connectivity index (χ2n) is 7.87. The lowest BCUT2D eigenvalue weighted by Crippen LogP contribution is -2.48. The van der Waals surface area contributed by atoms with Crippen LogP contribution in [-0.2, 0) is 7.05 Å². The van der Waals surface area contributed by atoms with Crippen LogP contribution in [0.4, 0.5) is 13.2 Å². The van der Waals surface area contributed by atoms with Crippen molar-refractivity contribution < 1.29 is 27.4 Å². The molecule has 0 saturated carbocycles. The smallest absolute Gasteiger partial charge is 0.287 e. The lowest BCUT2D eigenvalue weighted by molar-refractivity contribution is 0.0801. The van der Waals surface area contributed by atoms with E-state index in [4.69, 9.17) is 9.47 Å². The lowest BCUT2D eigenvalue weighted by atomic mass is 9.95. The summed E-state index contributed by atoms with van der Waals surface area (Å²) in [5, 5.41) is 3.09. The molecule has 1 aliphatic rings. The van der Waals surface area contributed by atoms with Gasteiger partial charge >= 0.3 is 0 Å². The number of carbonyl (C=O) groups excluding carboxylic acids is 1. The molecule has 0 spiro atoms. The Bertz CT molecular complexity index is 1170. The number of carbonyl (C=O) groups is 1. The van der Waals surface area contributed by atoms with Gasteiger partial charge < -0.3 is 19.4 Å². The van der Waals surface area contributed by atoms with Gasteiger partial charge in [0.1, 0.15) is 17.9 Å². The number of amides is 1. The zero-order valence-corrected chi connectivity index (χ0v) is 18.8. The number of nitrogens with one attached hydrogen (secondary N) is 1. The Morgan fingerprint density at radius 2 is 2.06 bits per heavy atom. The molecule has 1 amide bonds. The summed E-state index contributed by atoms with van der Waals surface area (Å²) in [4.78, 5) is 25.4. The van der Waals surface area contributed by atoms with Crippen LogP contribution in [0.3, 0.4) is 0 Å². The molecule has 33 heavy (non-hydrogen) atoms. The summed E-state index contributed by atoms with van der Waals surface area (Å²) in [6.45, 7) is 1.09. The lowest BCUT2D eigenvalue weighted by Gasteiger charge is -2.34. The van der Waals surface area contributed by atoms with Crippen LogP contribution in [0.5, 0.6) is 17.5 Å². The van der Waals surface area contributed by atoms with Crippen molar-refractivity contribution >= 4 is 28.8 Å². The number of imidazole rings is 1. The number of aromatic nitrogens is 4. The summed E-state index contributed by atoms with van der Waals surface area (Å²) >= 11 is 1.87. The Morgan fingerprint density at radius 3 is 2.79 bits per heavy atom. The first-order valence-corrected chi connectivity index (χ1v) is 11.4. The van der Waals surface area contributed by atoms with E-state index >= 15 is 0 Å². The highest BCUT2D eigenvalue weighted by Crippen LogP contribution is 2.31. The van der Waals surface area contributed by atoms with Gasteiger partial charge in [0, 0.05) is 24.7 Å². The minimum Gasteiger partial charge on any atom is -0.482 e. The second kappa shape index (κ2) is 9.46. The van der Waals surface area contributed by atoms with Gasteiger partial charge in [-0.05, 0) is 37.3 Å². The summed E-state index contributed by atoms with van der Waals surface area (Å²) < 4.78 is 50.5. The normalized spacial score (nSPS) is 15.6. The maximum absolute atomic E-state index is 13.5. The highest BCUT2D eigenvalue weighted by atomic mass is 32.2. The summed E-state index contributed by atoms with van der Waals surface area (Å²) in [5.74, 6) is 0.681. The molecule has 12 heteroatoms. The van der Waals surface area contributed by atoms with E-state index < -0.39 is 18.8 Å². The van der Waals surface area contributed by atoms with E-state index in [-0.39, 0.29) is 34.8 Å². The molecule has 0 atom stereocenters. The standard InChI is InChI=1S/C21H22F3N5O3S/c1-21(5-7-33-8-6-21)28-19(30)18-26-13-3-4-16(27-17(13)29(18)2)32-20-14(31-11-15(23)24)9-12(22)10-25-20/h3-4,9-10,15H,5-8,11H2,1-2H3,(H,28,30). The maximum Gasteiger partial charge on any atom is 0.287 e. The monoisotopic (exact) mass is 481 g/mol. The number of fused-ring (bicyclic) bond motifs is 1. The Hall–Kier alpha value is -3.02. The fraction of sp³-hybridized carbons (Fsp3) is 0.429. The molecule has 1 aliphatic heterocycles. The number of hydrogen-bond donors (Lipinski definition) is 1. The van der Waals surface area contributed by atoms with E-state index in [0.29, 0.717) is 11.2 Å². The quantitative estimate of drug-likeness (QED) is 0.546. The first kappa shape index (κ1) is 23.1. The number of aryl methyl sites for hydroxylation is 1. The van der Waals surface area contributed by atoms with Crippen molar-refractivity contribution in [2.45, 2.75) is 31.7 Å². The van der Waals surface area contributed by atoms with Crippen molar-refractivity contribution in [2.75, 3.05) is 18.1 Å². The van der Waals surface area contributed by atoms with Crippen LogP contribution in [0.2, 0.25) is 0 Å². The van der Waals surface area contributed by atoms with Crippen LogP contribution in [0.15, 0.2) is 24.4 Å². The van der Waals surface area contributed by atoms with Gasteiger partial charge in [-0.3, -0.25) is 4.79 Å². The van der Waals surface area contributed by atoms with Gasteiger partial charge in [-0.2, -0.15) is 16.7 Å². The van der Waals surface area contributed by atoms with Gasteiger partial charge in [0.2, 0.25) is 11.7 Å². The first-order valence-electron chi connectivity index (χ1n) is 10.2. The Balaban J connectivity index is 1.57. The van der Waals surface area contributed by atoms with Gasteiger partial charge in [0.05, 0.1) is 6.20 Å². The molecule has 4 heterocycles. The highest BCUT2D eigenvalue weighted by Gasteiger charge is 2.30. The summed E-state index contributed by atoms with van der Waals surface area (Å²) in [5.41, 5.74) is 0.560. The number of hydrogen-bond acceptors (Lipinski definition) is 7. The van der Waals surface area contributed by atoms with Crippen molar-refractivity contribution in [3.63, 3.8) is 0 Å². The number of thioether (sulfide) groups is 1. The van der Waals surface area contributed by atoms with E-state index in [1.807, 2.05) is 18.7 Å². The largest absolute Gasteiger partial charge is 0.482 e. The molecule has 176 valence electrons. The Morgan fingerprint density at radius 1 is 1.30 bits per heavy atom. The topological polar surface area (TPSA) is 91.2 Å². The number of pyridine rings is 2. The molecule has 8 nitrogen and oxygen atoms in total. The summed E-state index contributed by atoms with van der Waals surface area (Å²) in [7, 11) is 1.66. The number of rotatable bonds is 7. The van der Waals surface area contributed by atoms with Gasteiger partial charge in [-0.25, -0.2) is 23.1 Å². The van der Waals surface area contributed by atoms with Crippen LogP contribution >= 0.6 is 11.8 Å². The molecular formula is C21H22F3N5O3S. The van der Waals surface area contributed by atoms with Crippen molar-refractivity contribution in [1.29, 1.82) is 0 Å². The second-order valence-corrected chi connectivity index (χ2v) is 9.10. The van der Waals surface area contributed by atoms with E-state index in [0.717, 1.165) is 36.6 Å². The Labute approximate surface area is 191 Å². The molecule has 1 saturated heterocycles. The van der Waals surface area contributed by atoms with Crippen molar-refractivity contribution in [3.8, 4) is 17.5 Å². The zero-order chi connectivity index (χ0) is 23.6. The van der Waals surface area contributed by atoms with Gasteiger partial charge in [0.25, 0.3) is 18.2 Å². The molecule has 1 N–H and O–H groups in total. The van der Waals surface area contributed by atoms with E-state index in [2.05, 4.69) is 20.3 Å². The molecule has 0 aromatic carbocycles. The molecular weight excluding hydrogens is 459 g/mol. The minimum absolute atomic E-state index is 0.0507. The minimum atomic E-state index is -2.75. The third kappa shape index (κ3) is 5.32. The molecule has 1 fully saturated rings. The van der Waals surface area contributed by atoms with E-state index in [1.165, 1.54) is 6.07 Å². The van der Waals surface area contributed by atoms with Crippen molar-refractivity contribution in [3.05, 3.63) is 36.0 Å². The molecule has 3 aromatic heterocycles. The van der Waals surface area contributed by atoms with Crippen LogP contribution < -0.4 is 14.8 Å². The van der Waals surface area contributed by atoms with Crippen LogP contribution in [-0.4, -0.2) is 55.5 Å². The summed E-state index contributed by atoms with van der Waals surface area (Å²) in [6.07, 6.45) is -0.113. The zero-order valence-electron chi connectivity index (χ0n) is 18.0. The Kier molecular flexibility index (Phi) is 6.63. The van der Waals surface area contributed by atoms with Crippen LogP contribution in [0, 0.1) is 5.82 Å². The highest BCUT2D eigenvalue weighted by molar-refractivity contribution is 7.99. The average molecular weight is 482 g/mol. The average Bonchev–Trinajstić information content (AvgIpc) is 3.10. The van der Waals surface area contributed by atoms with Crippen LogP contribution in [0.25, 0.3) is 11.2 Å². The van der Waals surface area contributed by atoms with E-state index in [9.17, 15) is 18.0 Å². The van der Waals surface area contributed by atoms with E-state index in [1.54, 1.807) is 17.7 Å². The SMILES string of the molecule is Cn1c(C(=O)NC2(C)CCSCC2)nc2ccc(Oc3ncc(F)cc3OCC(F)F)nc21. The van der Waals surface area contributed by atoms with Crippen molar-refractivity contribution in [2.24, 2.45) is 7.05 Å².